The molecule has 0 aliphatic heterocycles. The van der Waals surface area contributed by atoms with Crippen LogP contribution in [0.25, 0.3) is 0 Å². The molecule has 0 aromatic heterocycles. The zero-order valence-electron chi connectivity index (χ0n) is 10.4. The highest BCUT2D eigenvalue weighted by Crippen LogP contribution is 2.24. The number of benzene rings is 2. The van der Waals surface area contributed by atoms with Crippen LogP contribution >= 0.6 is 15.9 Å². The summed E-state index contributed by atoms with van der Waals surface area (Å²) in [6, 6.07) is 12.0. The summed E-state index contributed by atoms with van der Waals surface area (Å²) in [5.74, 6) is -0.0447. The van der Waals surface area contributed by atoms with E-state index in [0.717, 1.165) is 5.56 Å². The lowest BCUT2D eigenvalue weighted by Gasteiger charge is -2.07. The van der Waals surface area contributed by atoms with Crippen molar-refractivity contribution < 1.29 is 8.42 Å². The average molecular weight is 340 g/mol. The Morgan fingerprint density at radius 2 is 1.74 bits per heavy atom. The average Bonchev–Trinajstić information content (AvgIpc) is 2.33. The molecule has 0 unspecified atom stereocenters. The van der Waals surface area contributed by atoms with E-state index in [0.29, 0.717) is 20.6 Å². The molecule has 0 heterocycles. The Hall–Kier alpha value is -1.33. The van der Waals surface area contributed by atoms with Gasteiger partial charge in [0.15, 0.2) is 9.84 Å². The first-order valence-electron chi connectivity index (χ1n) is 5.72. The van der Waals surface area contributed by atoms with E-state index in [9.17, 15) is 8.42 Å². The number of hydrogen-bond acceptors (Lipinski definition) is 3. The van der Waals surface area contributed by atoms with Gasteiger partial charge in [0, 0.05) is 10.2 Å². The second kappa shape index (κ2) is 5.35. The molecule has 0 aliphatic carbocycles. The molecule has 2 N–H and O–H groups in total. The van der Waals surface area contributed by atoms with Gasteiger partial charge in [-0.05, 0) is 36.8 Å². The Bertz CT molecular complexity index is 694. The maximum atomic E-state index is 12.3. The number of nitrogen functional groups attached to an aromatic ring is 1. The van der Waals surface area contributed by atoms with Crippen LogP contribution in [0.5, 0.6) is 0 Å². The van der Waals surface area contributed by atoms with E-state index in [4.69, 9.17) is 5.73 Å². The first-order valence-corrected chi connectivity index (χ1v) is 8.16. The van der Waals surface area contributed by atoms with Crippen molar-refractivity contribution in [3.63, 3.8) is 0 Å². The summed E-state index contributed by atoms with van der Waals surface area (Å²) in [7, 11) is -3.34. The molecule has 0 spiro atoms. The van der Waals surface area contributed by atoms with E-state index in [1.165, 1.54) is 0 Å². The number of anilines is 1. The van der Waals surface area contributed by atoms with E-state index < -0.39 is 9.84 Å². The van der Waals surface area contributed by atoms with Gasteiger partial charge in [-0.25, -0.2) is 8.42 Å². The minimum Gasteiger partial charge on any atom is -0.399 e. The van der Waals surface area contributed by atoms with Crippen LogP contribution in [0.15, 0.2) is 51.8 Å². The molecule has 0 atom stereocenters. The fourth-order valence-corrected chi connectivity index (χ4v) is 3.82. The molecular formula is C14H14BrNO2S. The molecule has 0 aliphatic rings. The van der Waals surface area contributed by atoms with Gasteiger partial charge in [-0.2, -0.15) is 0 Å². The number of aryl methyl sites for hydroxylation is 1. The van der Waals surface area contributed by atoms with Gasteiger partial charge >= 0.3 is 0 Å². The first kappa shape index (κ1) is 14.1. The molecule has 0 saturated heterocycles. The molecule has 0 fully saturated rings. The third kappa shape index (κ3) is 3.36. The second-order valence-electron chi connectivity index (χ2n) is 4.42. The van der Waals surface area contributed by atoms with Crippen molar-refractivity contribution in [2.45, 2.75) is 17.6 Å². The topological polar surface area (TPSA) is 60.2 Å². The van der Waals surface area contributed by atoms with Crippen molar-refractivity contribution >= 4 is 31.5 Å². The lowest BCUT2D eigenvalue weighted by molar-refractivity contribution is 0.595. The van der Waals surface area contributed by atoms with Gasteiger partial charge in [-0.3, -0.25) is 0 Å². The smallest absolute Gasteiger partial charge is 0.182 e. The highest BCUT2D eigenvalue weighted by molar-refractivity contribution is 9.10. The van der Waals surface area contributed by atoms with Crippen LogP contribution in [0.4, 0.5) is 5.69 Å². The van der Waals surface area contributed by atoms with Crippen LogP contribution in [0.3, 0.4) is 0 Å². The lowest BCUT2D eigenvalue weighted by Crippen LogP contribution is -2.05. The lowest BCUT2D eigenvalue weighted by atomic mass is 10.2. The number of sulfone groups is 1. The van der Waals surface area contributed by atoms with Crippen LogP contribution in [0.1, 0.15) is 11.1 Å². The van der Waals surface area contributed by atoms with Gasteiger partial charge < -0.3 is 5.73 Å². The van der Waals surface area contributed by atoms with E-state index in [-0.39, 0.29) is 5.75 Å². The first-order chi connectivity index (χ1) is 8.88. The van der Waals surface area contributed by atoms with E-state index in [1.54, 1.807) is 42.5 Å². The molecule has 0 saturated carbocycles. The van der Waals surface area contributed by atoms with Crippen LogP contribution in [-0.4, -0.2) is 8.42 Å². The molecule has 100 valence electrons. The monoisotopic (exact) mass is 339 g/mol. The van der Waals surface area contributed by atoms with Crippen LogP contribution in [-0.2, 0) is 15.6 Å². The van der Waals surface area contributed by atoms with Gasteiger partial charge in [-0.15, -0.1) is 0 Å². The third-order valence-corrected chi connectivity index (χ3v) is 5.22. The molecule has 3 nitrogen and oxygen atoms in total. The fraction of sp³-hybridized carbons (Fsp3) is 0.143. The predicted octanol–water partition coefficient (Wildman–Crippen LogP) is 3.31. The standard InChI is InChI=1S/C14H14BrNO2S/c1-10-2-6-13(7-3-10)19(17,18)9-11-4-5-12(16)8-14(11)15/h2-8H,9,16H2,1H3. The second-order valence-corrected chi connectivity index (χ2v) is 7.27. The van der Waals surface area contributed by atoms with Crippen molar-refractivity contribution in [3.8, 4) is 0 Å². The van der Waals surface area contributed by atoms with Crippen molar-refractivity contribution in [1.29, 1.82) is 0 Å². The number of hydrogen-bond donors (Lipinski definition) is 1. The number of halogens is 1. The largest absolute Gasteiger partial charge is 0.399 e. The summed E-state index contributed by atoms with van der Waals surface area (Å²) in [5, 5.41) is 0. The highest BCUT2D eigenvalue weighted by atomic mass is 79.9. The van der Waals surface area contributed by atoms with Gasteiger partial charge in [-0.1, -0.05) is 39.7 Å². The van der Waals surface area contributed by atoms with Crippen molar-refractivity contribution in [1.82, 2.24) is 0 Å². The summed E-state index contributed by atoms with van der Waals surface area (Å²) >= 11 is 3.34. The number of nitrogens with two attached hydrogens (primary N) is 1. The Morgan fingerprint density at radius 1 is 1.11 bits per heavy atom. The van der Waals surface area contributed by atoms with Gasteiger partial charge in [0.2, 0.25) is 0 Å². The third-order valence-electron chi connectivity index (χ3n) is 2.80. The molecular weight excluding hydrogens is 326 g/mol. The van der Waals surface area contributed by atoms with Crippen molar-refractivity contribution in [2.24, 2.45) is 0 Å². The van der Waals surface area contributed by atoms with Crippen LogP contribution in [0.2, 0.25) is 0 Å². The molecule has 0 bridgehead atoms. The minimum absolute atomic E-state index is 0.0447. The molecule has 0 amide bonds. The maximum absolute atomic E-state index is 12.3. The zero-order chi connectivity index (χ0) is 14.0. The Kier molecular flexibility index (Phi) is 3.96. The van der Waals surface area contributed by atoms with Crippen LogP contribution in [0, 0.1) is 6.92 Å². The number of rotatable bonds is 3. The predicted molar refractivity (Wildman–Crippen MR) is 80.6 cm³/mol. The summed E-state index contributed by atoms with van der Waals surface area (Å²) in [4.78, 5) is 0.335. The Balaban J connectivity index is 2.33. The summed E-state index contributed by atoms with van der Waals surface area (Å²) in [5.41, 5.74) is 7.98. The maximum Gasteiger partial charge on any atom is 0.182 e. The van der Waals surface area contributed by atoms with Crippen molar-refractivity contribution in [3.05, 3.63) is 58.1 Å². The molecule has 19 heavy (non-hydrogen) atoms. The molecule has 5 heteroatoms. The Labute approximate surface area is 121 Å². The van der Waals surface area contributed by atoms with E-state index in [1.807, 2.05) is 6.92 Å². The summed E-state index contributed by atoms with van der Waals surface area (Å²) in [6.07, 6.45) is 0. The SMILES string of the molecule is Cc1ccc(S(=O)(=O)Cc2ccc(N)cc2Br)cc1. The highest BCUT2D eigenvalue weighted by Gasteiger charge is 2.16. The summed E-state index contributed by atoms with van der Waals surface area (Å²) < 4.78 is 25.3. The molecule has 2 aromatic rings. The molecule has 2 aromatic carbocycles. The molecule has 2 rings (SSSR count). The van der Waals surface area contributed by atoms with Gasteiger partial charge in [0.25, 0.3) is 0 Å². The quantitative estimate of drug-likeness (QED) is 0.872. The fourth-order valence-electron chi connectivity index (χ4n) is 1.71. The van der Waals surface area contributed by atoms with Gasteiger partial charge in [0.05, 0.1) is 10.6 Å². The van der Waals surface area contributed by atoms with Crippen molar-refractivity contribution in [2.75, 3.05) is 5.73 Å². The summed E-state index contributed by atoms with van der Waals surface area (Å²) in [6.45, 7) is 1.92. The zero-order valence-corrected chi connectivity index (χ0v) is 12.8. The normalized spacial score (nSPS) is 11.5. The van der Waals surface area contributed by atoms with Gasteiger partial charge in [0.1, 0.15) is 0 Å². The van der Waals surface area contributed by atoms with Crippen LogP contribution < -0.4 is 5.73 Å². The molecule has 0 radical (unpaired) electrons. The Morgan fingerprint density at radius 3 is 2.32 bits per heavy atom. The van der Waals surface area contributed by atoms with E-state index in [2.05, 4.69) is 15.9 Å². The minimum atomic E-state index is -3.34. The van der Waals surface area contributed by atoms with E-state index >= 15 is 0 Å².